The summed E-state index contributed by atoms with van der Waals surface area (Å²) in [5, 5.41) is 2.33. The lowest BCUT2D eigenvalue weighted by Crippen LogP contribution is -2.40. The van der Waals surface area contributed by atoms with Gasteiger partial charge in [-0.05, 0) is 110 Å². The molecule has 0 amide bonds. The van der Waals surface area contributed by atoms with Gasteiger partial charge in [0.15, 0.2) is 16.3 Å². The van der Waals surface area contributed by atoms with Gasteiger partial charge in [-0.3, -0.25) is 9.36 Å². The van der Waals surface area contributed by atoms with Gasteiger partial charge in [0.25, 0.3) is 5.56 Å². The van der Waals surface area contributed by atoms with E-state index in [2.05, 4.69) is 69.4 Å². The molecule has 0 saturated carbocycles. The number of thiazole rings is 1. The Hall–Kier alpha value is -4.47. The molecule has 1 atom stereocenters. The smallest absolute Gasteiger partial charge is 0.338 e. The van der Waals surface area contributed by atoms with Crippen LogP contribution in [0.25, 0.3) is 22.5 Å². The molecule has 1 aromatic heterocycles. The highest BCUT2D eigenvalue weighted by atomic mass is 127. The summed E-state index contributed by atoms with van der Waals surface area (Å²) < 4.78 is 27.0. The number of methoxy groups -OCH3 is 2. The van der Waals surface area contributed by atoms with Crippen LogP contribution in [-0.4, -0.2) is 31.4 Å². The molecule has 1 aliphatic heterocycles. The topological polar surface area (TPSA) is 88.4 Å². The predicted molar refractivity (Wildman–Crippen MR) is 221 cm³/mol. The molecule has 52 heavy (non-hydrogen) atoms. The van der Waals surface area contributed by atoms with E-state index in [1.54, 1.807) is 37.8 Å². The van der Waals surface area contributed by atoms with Crippen LogP contribution in [0.1, 0.15) is 35.2 Å². The molecule has 0 radical (unpaired) electrons. The lowest BCUT2D eigenvalue weighted by molar-refractivity contribution is -0.138. The fourth-order valence-corrected chi connectivity index (χ4v) is 9.43. The number of hydrogen-bond donors (Lipinski definition) is 0. The van der Waals surface area contributed by atoms with Crippen LogP contribution in [0.5, 0.6) is 17.2 Å². The second-order valence-electron chi connectivity index (χ2n) is 11.8. The molecule has 1 aliphatic rings. The summed E-state index contributed by atoms with van der Waals surface area (Å²) >= 11 is 5.84. The molecule has 0 saturated heterocycles. The van der Waals surface area contributed by atoms with Gasteiger partial charge in [-0.15, -0.1) is 0 Å². The zero-order valence-electron chi connectivity index (χ0n) is 28.4. The van der Waals surface area contributed by atoms with Crippen LogP contribution < -0.4 is 29.1 Å². The first-order chi connectivity index (χ1) is 25.3. The first kappa shape index (κ1) is 35.9. The summed E-state index contributed by atoms with van der Waals surface area (Å²) in [5.41, 5.74) is 3.76. The van der Waals surface area contributed by atoms with Crippen molar-refractivity contribution in [2.75, 3.05) is 20.8 Å². The van der Waals surface area contributed by atoms with E-state index >= 15 is 0 Å². The van der Waals surface area contributed by atoms with E-state index in [0.717, 1.165) is 35.0 Å². The van der Waals surface area contributed by atoms with Crippen LogP contribution in [0.15, 0.2) is 118 Å². The molecule has 0 bridgehead atoms. The van der Waals surface area contributed by atoms with Gasteiger partial charge in [-0.1, -0.05) is 90.2 Å². The summed E-state index contributed by atoms with van der Waals surface area (Å²) in [7, 11) is 3.11. The maximum absolute atomic E-state index is 14.5. The van der Waals surface area contributed by atoms with Crippen LogP contribution in [0.4, 0.5) is 0 Å². The van der Waals surface area contributed by atoms with Gasteiger partial charge in [0, 0.05) is 5.56 Å². The summed E-state index contributed by atoms with van der Waals surface area (Å²) in [4.78, 5) is 33.7. The molecule has 0 aliphatic carbocycles. The number of ether oxygens (including phenoxy) is 4. The number of nitrogens with zero attached hydrogens (tertiary/aromatic N) is 2. The zero-order valence-corrected chi connectivity index (χ0v) is 33.5. The fourth-order valence-electron chi connectivity index (χ4n) is 6.30. The number of benzene rings is 5. The van der Waals surface area contributed by atoms with Crippen LogP contribution in [0.2, 0.25) is 0 Å². The Morgan fingerprint density at radius 1 is 0.885 bits per heavy atom. The molecule has 0 unspecified atom stereocenters. The summed E-state index contributed by atoms with van der Waals surface area (Å²) in [5.74, 6) is 1.23. The SMILES string of the molecule is CCOC(=O)C1=C(c2ccccc2)N=c2s/c(=C\c3cc(I)c(OCc4cccc5ccccc45)c(I)c3)c(=O)n2[C@H]1c1ccc(OC)c(OC)c1. The van der Waals surface area contributed by atoms with Gasteiger partial charge in [-0.25, -0.2) is 9.79 Å². The van der Waals surface area contributed by atoms with Crippen molar-refractivity contribution in [1.82, 2.24) is 4.57 Å². The molecular formula is C41H32I2N2O6S. The van der Waals surface area contributed by atoms with E-state index in [1.165, 1.54) is 16.7 Å². The lowest BCUT2D eigenvalue weighted by atomic mass is 9.93. The Morgan fingerprint density at radius 2 is 1.60 bits per heavy atom. The van der Waals surface area contributed by atoms with Crippen LogP contribution in [0.3, 0.4) is 0 Å². The maximum Gasteiger partial charge on any atom is 0.338 e. The number of carbonyl (C=O) groups is 1. The highest BCUT2D eigenvalue weighted by Crippen LogP contribution is 2.38. The first-order valence-electron chi connectivity index (χ1n) is 16.4. The van der Waals surface area contributed by atoms with Gasteiger partial charge in [0.1, 0.15) is 12.4 Å². The van der Waals surface area contributed by atoms with Crippen molar-refractivity contribution in [3.05, 3.63) is 158 Å². The molecule has 262 valence electrons. The Balaban J connectivity index is 1.34. The Labute approximate surface area is 331 Å². The van der Waals surface area contributed by atoms with Gasteiger partial charge in [-0.2, -0.15) is 0 Å². The normalized spacial score (nSPS) is 14.2. The Bertz CT molecular complexity index is 2520. The molecule has 0 spiro atoms. The monoisotopic (exact) mass is 934 g/mol. The quantitative estimate of drug-likeness (QED) is 0.103. The Kier molecular flexibility index (Phi) is 10.8. The number of aromatic nitrogens is 1. The number of carbonyl (C=O) groups excluding carboxylic acids is 1. The molecule has 0 fully saturated rings. The van der Waals surface area contributed by atoms with E-state index in [1.807, 2.05) is 72.8 Å². The molecule has 5 aromatic carbocycles. The minimum absolute atomic E-state index is 0.159. The third kappa shape index (κ3) is 7.00. The lowest BCUT2D eigenvalue weighted by Gasteiger charge is -2.26. The van der Waals surface area contributed by atoms with Gasteiger partial charge in [0.05, 0.1) is 49.8 Å². The van der Waals surface area contributed by atoms with Crippen LogP contribution in [0, 0.1) is 7.14 Å². The van der Waals surface area contributed by atoms with Crippen molar-refractivity contribution in [3.8, 4) is 17.2 Å². The highest BCUT2D eigenvalue weighted by molar-refractivity contribution is 14.1. The van der Waals surface area contributed by atoms with Gasteiger partial charge in [0.2, 0.25) is 0 Å². The average Bonchev–Trinajstić information content (AvgIpc) is 3.47. The predicted octanol–water partition coefficient (Wildman–Crippen LogP) is 7.89. The number of hydrogen-bond acceptors (Lipinski definition) is 8. The molecule has 7 rings (SSSR count). The Morgan fingerprint density at radius 3 is 2.33 bits per heavy atom. The fraction of sp³-hybridized carbons (Fsp3) is 0.146. The molecule has 11 heteroatoms. The second kappa shape index (κ2) is 15.6. The summed E-state index contributed by atoms with van der Waals surface area (Å²) in [6.45, 7) is 2.34. The minimum Gasteiger partial charge on any atom is -0.493 e. The van der Waals surface area contributed by atoms with Crippen molar-refractivity contribution in [1.29, 1.82) is 0 Å². The summed E-state index contributed by atoms with van der Waals surface area (Å²) in [6.07, 6.45) is 1.87. The van der Waals surface area contributed by atoms with Crippen molar-refractivity contribution >= 4 is 85.0 Å². The summed E-state index contributed by atoms with van der Waals surface area (Å²) in [6, 6.07) is 32.5. The third-order valence-corrected chi connectivity index (χ3v) is 11.3. The van der Waals surface area contributed by atoms with Crippen molar-refractivity contribution < 1.29 is 23.7 Å². The van der Waals surface area contributed by atoms with Crippen molar-refractivity contribution in [2.24, 2.45) is 4.99 Å². The first-order valence-corrected chi connectivity index (χ1v) is 19.4. The second-order valence-corrected chi connectivity index (χ2v) is 15.1. The minimum atomic E-state index is -0.849. The number of rotatable bonds is 10. The maximum atomic E-state index is 14.5. The number of esters is 1. The van der Waals surface area contributed by atoms with E-state index in [-0.39, 0.29) is 17.7 Å². The van der Waals surface area contributed by atoms with Crippen LogP contribution >= 0.6 is 56.5 Å². The molecule has 8 nitrogen and oxygen atoms in total. The molecule has 0 N–H and O–H groups in total. The van der Waals surface area contributed by atoms with Crippen molar-refractivity contribution in [2.45, 2.75) is 19.6 Å². The molecule has 2 heterocycles. The van der Waals surface area contributed by atoms with Crippen LogP contribution in [-0.2, 0) is 16.1 Å². The van der Waals surface area contributed by atoms with E-state index in [0.29, 0.717) is 38.7 Å². The van der Waals surface area contributed by atoms with Gasteiger partial charge >= 0.3 is 5.97 Å². The van der Waals surface area contributed by atoms with E-state index < -0.39 is 12.0 Å². The number of halogens is 2. The third-order valence-electron chi connectivity index (χ3n) is 8.67. The van der Waals surface area contributed by atoms with E-state index in [9.17, 15) is 9.59 Å². The zero-order chi connectivity index (χ0) is 36.4. The van der Waals surface area contributed by atoms with Gasteiger partial charge < -0.3 is 18.9 Å². The molecular weight excluding hydrogens is 902 g/mol. The highest BCUT2D eigenvalue weighted by Gasteiger charge is 2.35. The standard InChI is InChI=1S/C41H32I2N2O6S/c1-4-50-40(47)35-36(26-12-6-5-7-13-26)44-41-45(37(35)27-17-18-32(48-2)33(22-27)49-3)39(46)34(52-41)21-24-19-30(42)38(31(43)20-24)51-23-28-15-10-14-25-11-8-9-16-29(25)28/h5-22,37H,4,23H2,1-3H3/b34-21-/t37-/m0/s1. The largest absolute Gasteiger partial charge is 0.493 e. The van der Waals surface area contributed by atoms with E-state index in [4.69, 9.17) is 23.9 Å². The number of fused-ring (bicyclic) bond motifs is 2. The molecule has 6 aromatic rings. The average molecular weight is 935 g/mol. The van der Waals surface area contributed by atoms with Crippen molar-refractivity contribution in [3.63, 3.8) is 0 Å².